The van der Waals surface area contributed by atoms with Crippen molar-refractivity contribution in [2.75, 3.05) is 39.8 Å². The van der Waals surface area contributed by atoms with Crippen molar-refractivity contribution in [2.24, 2.45) is 0 Å². The topological polar surface area (TPSA) is 44.8 Å². The Balaban J connectivity index is 1.58. The number of hydrogen-bond donors (Lipinski definition) is 1. The van der Waals surface area contributed by atoms with E-state index < -0.39 is 0 Å². The number of carbonyl (C=O) groups is 1. The maximum Gasteiger partial charge on any atom is 0.253 e. The van der Waals surface area contributed by atoms with Gasteiger partial charge in [-0.15, -0.1) is 0 Å². The number of likely N-dealkylation sites (tertiary alicyclic amines) is 1. The SMILES string of the molecule is CNC[C@H]1CCCN1C(=O)[C@H]1CN(Cc2ccccc2)CCO1. The molecule has 2 aliphatic rings. The molecular weight excluding hydrogens is 290 g/mol. The molecule has 0 radical (unpaired) electrons. The fraction of sp³-hybridized carbons (Fsp3) is 0.611. The lowest BCUT2D eigenvalue weighted by molar-refractivity contribution is -0.150. The highest BCUT2D eigenvalue weighted by molar-refractivity contribution is 5.82. The number of nitrogens with zero attached hydrogens (tertiary/aromatic N) is 2. The Labute approximate surface area is 138 Å². The van der Waals surface area contributed by atoms with Crippen LogP contribution in [0.5, 0.6) is 0 Å². The first-order valence-electron chi connectivity index (χ1n) is 8.61. The quantitative estimate of drug-likeness (QED) is 0.883. The van der Waals surface area contributed by atoms with Gasteiger partial charge in [0.15, 0.2) is 0 Å². The largest absolute Gasteiger partial charge is 0.366 e. The van der Waals surface area contributed by atoms with Gasteiger partial charge in [-0.2, -0.15) is 0 Å². The molecule has 1 amide bonds. The number of benzene rings is 1. The van der Waals surface area contributed by atoms with Crippen LogP contribution in [0.15, 0.2) is 30.3 Å². The van der Waals surface area contributed by atoms with Gasteiger partial charge in [-0.05, 0) is 25.5 Å². The molecule has 5 heteroatoms. The Hall–Kier alpha value is -1.43. The lowest BCUT2D eigenvalue weighted by Gasteiger charge is -2.35. The number of hydrogen-bond acceptors (Lipinski definition) is 4. The number of rotatable bonds is 5. The first kappa shape index (κ1) is 16.4. The maximum atomic E-state index is 12.8. The molecule has 5 nitrogen and oxygen atoms in total. The fourth-order valence-electron chi connectivity index (χ4n) is 3.60. The summed E-state index contributed by atoms with van der Waals surface area (Å²) in [6, 6.07) is 10.7. The molecule has 3 rings (SSSR count). The molecule has 2 fully saturated rings. The minimum Gasteiger partial charge on any atom is -0.366 e. The Morgan fingerprint density at radius 3 is 2.91 bits per heavy atom. The number of morpholine rings is 1. The second-order valence-corrected chi connectivity index (χ2v) is 6.47. The second kappa shape index (κ2) is 7.90. The number of carbonyl (C=O) groups excluding carboxylic acids is 1. The smallest absolute Gasteiger partial charge is 0.253 e. The predicted octanol–water partition coefficient (Wildman–Crippen LogP) is 1.10. The molecule has 0 aromatic heterocycles. The zero-order valence-electron chi connectivity index (χ0n) is 13.9. The normalized spacial score (nSPS) is 25.7. The molecule has 2 saturated heterocycles. The van der Waals surface area contributed by atoms with Gasteiger partial charge in [0.05, 0.1) is 6.61 Å². The molecule has 0 bridgehead atoms. The first-order valence-corrected chi connectivity index (χ1v) is 8.61. The van der Waals surface area contributed by atoms with Gasteiger partial charge in [0.2, 0.25) is 0 Å². The van der Waals surface area contributed by atoms with E-state index in [4.69, 9.17) is 4.74 Å². The van der Waals surface area contributed by atoms with Gasteiger partial charge in [0, 0.05) is 38.8 Å². The Morgan fingerprint density at radius 1 is 1.30 bits per heavy atom. The molecule has 0 saturated carbocycles. The highest BCUT2D eigenvalue weighted by Gasteiger charge is 2.35. The summed E-state index contributed by atoms with van der Waals surface area (Å²) < 4.78 is 5.79. The minimum absolute atomic E-state index is 0.167. The van der Waals surface area contributed by atoms with E-state index in [9.17, 15) is 4.79 Å². The van der Waals surface area contributed by atoms with Crippen molar-refractivity contribution in [1.82, 2.24) is 15.1 Å². The lowest BCUT2D eigenvalue weighted by Crippen LogP contribution is -2.53. The molecule has 2 aliphatic heterocycles. The van der Waals surface area contributed by atoms with Crippen molar-refractivity contribution < 1.29 is 9.53 Å². The van der Waals surface area contributed by atoms with Crippen molar-refractivity contribution in [2.45, 2.75) is 31.5 Å². The summed E-state index contributed by atoms with van der Waals surface area (Å²) in [4.78, 5) is 17.2. The molecular formula is C18H27N3O2. The first-order chi connectivity index (χ1) is 11.3. The molecule has 23 heavy (non-hydrogen) atoms. The average Bonchev–Trinajstić information content (AvgIpc) is 3.04. The molecule has 2 heterocycles. The molecule has 2 atom stereocenters. The maximum absolute atomic E-state index is 12.8. The average molecular weight is 317 g/mol. The Kier molecular flexibility index (Phi) is 5.65. The van der Waals surface area contributed by atoms with Crippen molar-refractivity contribution in [3.8, 4) is 0 Å². The third-order valence-corrected chi connectivity index (χ3v) is 4.77. The third kappa shape index (κ3) is 4.10. The highest BCUT2D eigenvalue weighted by Crippen LogP contribution is 2.20. The van der Waals surface area contributed by atoms with E-state index in [1.54, 1.807) is 0 Å². The highest BCUT2D eigenvalue weighted by atomic mass is 16.5. The third-order valence-electron chi connectivity index (χ3n) is 4.77. The van der Waals surface area contributed by atoms with Gasteiger partial charge in [-0.1, -0.05) is 30.3 Å². The molecule has 0 aliphatic carbocycles. The van der Waals surface area contributed by atoms with Crippen molar-refractivity contribution in [3.05, 3.63) is 35.9 Å². The van der Waals surface area contributed by atoms with Crippen LogP contribution >= 0.6 is 0 Å². The van der Waals surface area contributed by atoms with Crippen LogP contribution in [0.25, 0.3) is 0 Å². The summed E-state index contributed by atoms with van der Waals surface area (Å²) in [6.07, 6.45) is 1.87. The molecule has 126 valence electrons. The van der Waals surface area contributed by atoms with Crippen LogP contribution < -0.4 is 5.32 Å². The van der Waals surface area contributed by atoms with Crippen molar-refractivity contribution >= 4 is 5.91 Å². The molecule has 1 aromatic rings. The lowest BCUT2D eigenvalue weighted by atomic mass is 10.1. The number of nitrogens with one attached hydrogen (secondary N) is 1. The van der Waals surface area contributed by atoms with Crippen LogP contribution in [0.3, 0.4) is 0 Å². The van der Waals surface area contributed by atoms with Crippen molar-refractivity contribution in [1.29, 1.82) is 0 Å². The predicted molar refractivity (Wildman–Crippen MR) is 90.1 cm³/mol. The van der Waals surface area contributed by atoms with Gasteiger partial charge in [0.25, 0.3) is 5.91 Å². The molecule has 0 unspecified atom stereocenters. The van der Waals surface area contributed by atoms with E-state index >= 15 is 0 Å². The molecule has 1 N–H and O–H groups in total. The monoisotopic (exact) mass is 317 g/mol. The molecule has 1 aromatic carbocycles. The summed E-state index contributed by atoms with van der Waals surface area (Å²) in [7, 11) is 1.94. The van der Waals surface area contributed by atoms with E-state index in [-0.39, 0.29) is 12.0 Å². The van der Waals surface area contributed by atoms with Crippen molar-refractivity contribution in [3.63, 3.8) is 0 Å². The number of ether oxygens (including phenoxy) is 1. The summed E-state index contributed by atoms with van der Waals surface area (Å²) in [6.45, 7) is 4.83. The summed E-state index contributed by atoms with van der Waals surface area (Å²) >= 11 is 0. The Morgan fingerprint density at radius 2 is 2.13 bits per heavy atom. The molecule has 0 spiro atoms. The van der Waals surface area contributed by atoms with Crippen LogP contribution in [0.2, 0.25) is 0 Å². The van der Waals surface area contributed by atoms with Crippen LogP contribution in [0.4, 0.5) is 0 Å². The summed E-state index contributed by atoms with van der Waals surface area (Å²) in [5.41, 5.74) is 1.29. The van der Waals surface area contributed by atoms with Gasteiger partial charge in [-0.25, -0.2) is 0 Å². The number of amides is 1. The zero-order valence-corrected chi connectivity index (χ0v) is 13.9. The van der Waals surface area contributed by atoms with Gasteiger partial charge in [-0.3, -0.25) is 9.69 Å². The minimum atomic E-state index is -0.315. The van der Waals surface area contributed by atoms with E-state index in [2.05, 4.69) is 34.5 Å². The van der Waals surface area contributed by atoms with E-state index in [1.807, 2.05) is 18.0 Å². The van der Waals surface area contributed by atoms with E-state index in [0.717, 1.165) is 39.0 Å². The standard InChI is InChI=1S/C18H27N3O2/c1-19-12-16-8-5-9-21(16)18(22)17-14-20(10-11-23-17)13-15-6-3-2-4-7-15/h2-4,6-7,16-17,19H,5,8-14H2,1H3/t16-,17-/m1/s1. The van der Waals surface area contributed by atoms with Crippen LogP contribution in [-0.4, -0.2) is 67.7 Å². The van der Waals surface area contributed by atoms with E-state index in [1.165, 1.54) is 5.56 Å². The second-order valence-electron chi connectivity index (χ2n) is 6.47. The summed E-state index contributed by atoms with van der Waals surface area (Å²) in [5.74, 6) is 0.167. The van der Waals surface area contributed by atoms with Crippen LogP contribution in [-0.2, 0) is 16.1 Å². The van der Waals surface area contributed by atoms with Crippen LogP contribution in [0, 0.1) is 0 Å². The van der Waals surface area contributed by atoms with Gasteiger partial charge < -0.3 is 15.0 Å². The van der Waals surface area contributed by atoms with Gasteiger partial charge >= 0.3 is 0 Å². The summed E-state index contributed by atoms with van der Waals surface area (Å²) in [5, 5.41) is 3.19. The van der Waals surface area contributed by atoms with Crippen LogP contribution in [0.1, 0.15) is 18.4 Å². The fourth-order valence-corrected chi connectivity index (χ4v) is 3.60. The zero-order chi connectivity index (χ0) is 16.1. The van der Waals surface area contributed by atoms with Gasteiger partial charge in [0.1, 0.15) is 6.10 Å². The number of likely N-dealkylation sites (N-methyl/N-ethyl adjacent to an activating group) is 1. The van der Waals surface area contributed by atoms with E-state index in [0.29, 0.717) is 19.2 Å². The Bertz CT molecular complexity index is 508.